The van der Waals surface area contributed by atoms with Gasteiger partial charge in [-0.15, -0.1) is 5.10 Å². The summed E-state index contributed by atoms with van der Waals surface area (Å²) < 4.78 is 7.03. The van der Waals surface area contributed by atoms with Crippen molar-refractivity contribution in [3.63, 3.8) is 0 Å². The first-order valence-corrected chi connectivity index (χ1v) is 9.07. The molecule has 0 unspecified atom stereocenters. The number of hydrogen-bond donors (Lipinski definition) is 0. The first-order valence-electron chi connectivity index (χ1n) is 8.69. The number of hydrogen-bond acceptors (Lipinski definition) is 6. The number of rotatable bonds is 7. The zero-order valence-corrected chi connectivity index (χ0v) is 15.6. The summed E-state index contributed by atoms with van der Waals surface area (Å²) in [6.07, 6.45) is 0. The average molecular weight is 365 g/mol. The molecule has 3 rings (SSSR count). The van der Waals surface area contributed by atoms with Gasteiger partial charge in [0, 0.05) is 38.3 Å². The van der Waals surface area contributed by atoms with Gasteiger partial charge in [0.2, 0.25) is 0 Å². The Morgan fingerprint density at radius 1 is 1.16 bits per heavy atom. The molecule has 25 heavy (non-hydrogen) atoms. The Bertz CT molecular complexity index is 653. The van der Waals surface area contributed by atoms with E-state index in [4.69, 9.17) is 16.3 Å². The van der Waals surface area contributed by atoms with E-state index >= 15 is 0 Å². The van der Waals surface area contributed by atoms with Crippen molar-refractivity contribution in [1.82, 2.24) is 30.0 Å². The van der Waals surface area contributed by atoms with Crippen LogP contribution in [0.15, 0.2) is 24.3 Å². The molecule has 0 amide bonds. The van der Waals surface area contributed by atoms with Gasteiger partial charge in [-0.05, 0) is 34.7 Å². The smallest absolute Gasteiger partial charge is 0.173 e. The Morgan fingerprint density at radius 2 is 1.88 bits per heavy atom. The lowest BCUT2D eigenvalue weighted by atomic mass is 10.0. The van der Waals surface area contributed by atoms with Gasteiger partial charge in [0.1, 0.15) is 0 Å². The Kier molecular flexibility index (Phi) is 6.36. The molecule has 1 saturated heterocycles. The Morgan fingerprint density at radius 3 is 2.52 bits per heavy atom. The lowest BCUT2D eigenvalue weighted by Crippen LogP contribution is -2.48. The molecule has 2 aromatic rings. The number of tetrazole rings is 1. The Balaban J connectivity index is 1.90. The van der Waals surface area contributed by atoms with Crippen molar-refractivity contribution < 1.29 is 4.74 Å². The molecule has 0 saturated carbocycles. The fourth-order valence-electron chi connectivity index (χ4n) is 3.25. The average Bonchev–Trinajstić information content (AvgIpc) is 3.10. The summed E-state index contributed by atoms with van der Waals surface area (Å²) in [4.78, 5) is 4.91. The van der Waals surface area contributed by atoms with E-state index in [9.17, 15) is 0 Å². The Labute approximate surface area is 153 Å². The second kappa shape index (κ2) is 8.71. The summed E-state index contributed by atoms with van der Waals surface area (Å²) >= 11 is 6.08. The van der Waals surface area contributed by atoms with Gasteiger partial charge >= 0.3 is 0 Å². The van der Waals surface area contributed by atoms with E-state index in [0.717, 1.165) is 49.1 Å². The van der Waals surface area contributed by atoms with Gasteiger partial charge in [0.15, 0.2) is 5.82 Å². The van der Waals surface area contributed by atoms with Gasteiger partial charge in [0.25, 0.3) is 0 Å². The third-order valence-corrected chi connectivity index (χ3v) is 4.97. The monoisotopic (exact) mass is 364 g/mol. The summed E-state index contributed by atoms with van der Waals surface area (Å²) in [5.74, 6) is 0.851. The minimum Gasteiger partial charge on any atom is -0.383 e. The van der Waals surface area contributed by atoms with E-state index in [1.807, 2.05) is 16.8 Å². The molecule has 1 fully saturated rings. The summed E-state index contributed by atoms with van der Waals surface area (Å²) in [5, 5.41) is 13.1. The van der Waals surface area contributed by atoms with Crippen molar-refractivity contribution in [3.8, 4) is 0 Å². The maximum atomic E-state index is 6.08. The molecule has 2 heterocycles. The van der Waals surface area contributed by atoms with Gasteiger partial charge in [-0.3, -0.25) is 4.90 Å². The number of halogens is 1. The van der Waals surface area contributed by atoms with E-state index in [1.54, 1.807) is 7.11 Å². The van der Waals surface area contributed by atoms with Crippen LogP contribution in [0.4, 0.5) is 0 Å². The largest absolute Gasteiger partial charge is 0.383 e. The number of aromatic nitrogens is 4. The molecular formula is C17H25ClN6O. The van der Waals surface area contributed by atoms with Crippen LogP contribution in [-0.2, 0) is 11.3 Å². The number of nitrogens with zero attached hydrogens (tertiary/aromatic N) is 6. The topological polar surface area (TPSA) is 59.3 Å². The van der Waals surface area contributed by atoms with Crippen molar-refractivity contribution >= 4 is 11.6 Å². The molecule has 1 aliphatic rings. The van der Waals surface area contributed by atoms with Gasteiger partial charge in [-0.2, -0.15) is 0 Å². The number of methoxy groups -OCH3 is 1. The van der Waals surface area contributed by atoms with Crippen LogP contribution in [0.25, 0.3) is 0 Å². The Hall–Kier alpha value is -1.54. The van der Waals surface area contributed by atoms with Crippen molar-refractivity contribution in [1.29, 1.82) is 0 Å². The van der Waals surface area contributed by atoms with E-state index in [-0.39, 0.29) is 6.04 Å². The van der Waals surface area contributed by atoms with Crippen LogP contribution in [0.3, 0.4) is 0 Å². The van der Waals surface area contributed by atoms with Crippen molar-refractivity contribution in [3.05, 3.63) is 40.7 Å². The number of piperazine rings is 1. The van der Waals surface area contributed by atoms with Crippen molar-refractivity contribution in [2.45, 2.75) is 19.5 Å². The van der Waals surface area contributed by atoms with Crippen LogP contribution in [0.5, 0.6) is 0 Å². The molecule has 136 valence electrons. The zero-order chi connectivity index (χ0) is 17.6. The number of likely N-dealkylation sites (N-methyl/N-ethyl adjacent to an activating group) is 1. The third kappa shape index (κ3) is 4.36. The predicted molar refractivity (Wildman–Crippen MR) is 96.7 cm³/mol. The van der Waals surface area contributed by atoms with Gasteiger partial charge in [-0.1, -0.05) is 30.7 Å². The maximum Gasteiger partial charge on any atom is 0.173 e. The normalized spacial score (nSPS) is 17.7. The molecule has 1 aliphatic heterocycles. The summed E-state index contributed by atoms with van der Waals surface area (Å²) in [6.45, 7) is 8.59. The van der Waals surface area contributed by atoms with Crippen molar-refractivity contribution in [2.24, 2.45) is 0 Å². The minimum atomic E-state index is 0.0168. The van der Waals surface area contributed by atoms with Crippen molar-refractivity contribution in [2.75, 3.05) is 46.4 Å². The molecule has 8 heteroatoms. The fourth-order valence-corrected chi connectivity index (χ4v) is 3.38. The molecule has 0 radical (unpaired) electrons. The van der Waals surface area contributed by atoms with E-state index < -0.39 is 0 Å². The highest BCUT2D eigenvalue weighted by Crippen LogP contribution is 2.29. The highest BCUT2D eigenvalue weighted by atomic mass is 35.5. The van der Waals surface area contributed by atoms with Crippen LogP contribution < -0.4 is 0 Å². The highest BCUT2D eigenvalue weighted by molar-refractivity contribution is 6.30. The first-order chi connectivity index (χ1) is 12.2. The third-order valence-electron chi connectivity index (χ3n) is 4.72. The predicted octanol–water partition coefficient (Wildman–Crippen LogP) is 1.70. The van der Waals surface area contributed by atoms with Gasteiger partial charge in [0.05, 0.1) is 19.2 Å². The van der Waals surface area contributed by atoms with E-state index in [1.165, 1.54) is 0 Å². The zero-order valence-electron chi connectivity index (χ0n) is 14.8. The van der Waals surface area contributed by atoms with Crippen LogP contribution >= 0.6 is 11.6 Å². The molecule has 0 spiro atoms. The standard InChI is InChI=1S/C17H25ClN6O/c1-3-22-8-10-23(11-9-22)16(14-4-6-15(18)7-5-14)17-19-20-21-24(17)12-13-25-2/h4-7,16H,3,8-13H2,1-2H3/t16-/m0/s1. The molecule has 0 bridgehead atoms. The molecule has 7 nitrogen and oxygen atoms in total. The molecular weight excluding hydrogens is 340 g/mol. The maximum absolute atomic E-state index is 6.08. The van der Waals surface area contributed by atoms with Gasteiger partial charge in [-0.25, -0.2) is 4.68 Å². The number of benzene rings is 1. The molecule has 0 N–H and O–H groups in total. The quantitative estimate of drug-likeness (QED) is 0.745. The second-order valence-electron chi connectivity index (χ2n) is 6.18. The molecule has 1 atom stereocenters. The van der Waals surface area contributed by atoms with Crippen LogP contribution in [0.1, 0.15) is 24.4 Å². The molecule has 0 aliphatic carbocycles. The highest BCUT2D eigenvalue weighted by Gasteiger charge is 2.30. The van der Waals surface area contributed by atoms with E-state index in [2.05, 4.69) is 44.4 Å². The molecule has 1 aromatic heterocycles. The summed E-state index contributed by atoms with van der Waals surface area (Å²) in [6, 6.07) is 8.00. The first kappa shape index (κ1) is 18.3. The SMILES string of the molecule is CCN1CCN([C@@H](c2ccc(Cl)cc2)c2nnnn2CCOC)CC1. The summed E-state index contributed by atoms with van der Waals surface area (Å²) in [7, 11) is 1.69. The van der Waals surface area contributed by atoms with Gasteiger partial charge < -0.3 is 9.64 Å². The van der Waals surface area contributed by atoms with Crippen LogP contribution in [0.2, 0.25) is 5.02 Å². The fraction of sp³-hybridized carbons (Fsp3) is 0.588. The second-order valence-corrected chi connectivity index (χ2v) is 6.61. The van der Waals surface area contributed by atoms with Crippen LogP contribution in [-0.4, -0.2) is 76.4 Å². The number of ether oxygens (including phenoxy) is 1. The minimum absolute atomic E-state index is 0.0168. The van der Waals surface area contributed by atoms with Crippen LogP contribution in [0, 0.1) is 0 Å². The molecule has 1 aromatic carbocycles. The lowest BCUT2D eigenvalue weighted by molar-refractivity contribution is 0.107. The van der Waals surface area contributed by atoms with E-state index in [0.29, 0.717) is 13.2 Å². The summed E-state index contributed by atoms with van der Waals surface area (Å²) in [5.41, 5.74) is 1.16. The lowest BCUT2D eigenvalue weighted by Gasteiger charge is -2.38.